The number of thiocarbonyl (C=S) groups is 1. The first kappa shape index (κ1) is 20.3. The minimum atomic E-state index is 0.0548. The Kier molecular flexibility index (Phi) is 6.18. The number of nitrogens with zero attached hydrogens (tertiary/aromatic N) is 4. The van der Waals surface area contributed by atoms with Crippen molar-refractivity contribution in [2.75, 3.05) is 39.4 Å². The van der Waals surface area contributed by atoms with Gasteiger partial charge < -0.3 is 19.5 Å². The van der Waals surface area contributed by atoms with Crippen LogP contribution in [0.4, 0.5) is 0 Å². The standard InChI is InChI=1S/C22H31N5OS/c1-4-26-16(2)15-18(17(26)3)21-20(19-7-5-6-8-23-19)24-22(29)27(21)10-9-25-11-13-28-14-12-25/h5-8,15,20-21H,4,9-14H2,1-3H3,(H,24,29)/t20-,21+/m1/s1. The molecular formula is C22H31N5OS. The molecule has 0 aliphatic carbocycles. The van der Waals surface area contributed by atoms with E-state index in [1.165, 1.54) is 17.0 Å². The third-order valence-corrected chi connectivity index (χ3v) is 6.56. The van der Waals surface area contributed by atoms with Gasteiger partial charge in [-0.2, -0.15) is 0 Å². The van der Waals surface area contributed by atoms with Gasteiger partial charge in [-0.25, -0.2) is 0 Å². The maximum atomic E-state index is 5.81. The molecule has 0 saturated carbocycles. The summed E-state index contributed by atoms with van der Waals surface area (Å²) in [5.74, 6) is 0. The van der Waals surface area contributed by atoms with Gasteiger partial charge in [-0.15, -0.1) is 0 Å². The van der Waals surface area contributed by atoms with E-state index in [9.17, 15) is 0 Å². The zero-order valence-corrected chi connectivity index (χ0v) is 18.4. The Morgan fingerprint density at radius 1 is 1.21 bits per heavy atom. The predicted molar refractivity (Wildman–Crippen MR) is 119 cm³/mol. The summed E-state index contributed by atoms with van der Waals surface area (Å²) in [6.45, 7) is 13.1. The number of morpholine rings is 1. The van der Waals surface area contributed by atoms with Gasteiger partial charge in [-0.05, 0) is 56.8 Å². The van der Waals surface area contributed by atoms with Gasteiger partial charge in [-0.3, -0.25) is 9.88 Å². The molecule has 2 aliphatic heterocycles. The Morgan fingerprint density at radius 3 is 2.66 bits per heavy atom. The van der Waals surface area contributed by atoms with E-state index in [1.54, 1.807) is 0 Å². The van der Waals surface area contributed by atoms with Gasteiger partial charge >= 0.3 is 0 Å². The van der Waals surface area contributed by atoms with E-state index in [0.29, 0.717) is 0 Å². The van der Waals surface area contributed by atoms with Crippen LogP contribution in [-0.4, -0.2) is 63.9 Å². The Bertz CT molecular complexity index is 846. The summed E-state index contributed by atoms with van der Waals surface area (Å²) in [4.78, 5) is 9.48. The van der Waals surface area contributed by atoms with Gasteiger partial charge in [0.15, 0.2) is 5.11 Å². The third kappa shape index (κ3) is 4.04. The van der Waals surface area contributed by atoms with Crippen molar-refractivity contribution in [2.45, 2.75) is 39.4 Å². The van der Waals surface area contributed by atoms with E-state index in [2.05, 4.69) is 63.6 Å². The van der Waals surface area contributed by atoms with Crippen molar-refractivity contribution in [3.8, 4) is 0 Å². The van der Waals surface area contributed by atoms with Crippen LogP contribution in [0, 0.1) is 13.8 Å². The zero-order valence-electron chi connectivity index (χ0n) is 17.6. The van der Waals surface area contributed by atoms with Crippen LogP contribution >= 0.6 is 12.2 Å². The van der Waals surface area contributed by atoms with Crippen LogP contribution in [0.1, 0.15) is 41.7 Å². The molecule has 29 heavy (non-hydrogen) atoms. The lowest BCUT2D eigenvalue weighted by atomic mass is 9.97. The summed E-state index contributed by atoms with van der Waals surface area (Å²) >= 11 is 5.81. The Hall–Kier alpha value is -1.96. The summed E-state index contributed by atoms with van der Waals surface area (Å²) in [6, 6.07) is 8.64. The number of aromatic nitrogens is 2. The van der Waals surface area contributed by atoms with Crippen molar-refractivity contribution in [3.05, 3.63) is 53.1 Å². The van der Waals surface area contributed by atoms with Gasteiger partial charge in [0.1, 0.15) is 0 Å². The van der Waals surface area contributed by atoms with E-state index in [-0.39, 0.29) is 12.1 Å². The van der Waals surface area contributed by atoms with E-state index >= 15 is 0 Å². The fourth-order valence-electron chi connectivity index (χ4n) is 4.67. The Morgan fingerprint density at radius 2 is 2.00 bits per heavy atom. The molecule has 0 amide bonds. The number of aryl methyl sites for hydroxylation is 1. The first-order chi connectivity index (χ1) is 14.1. The highest BCUT2D eigenvalue weighted by Gasteiger charge is 2.41. The van der Waals surface area contributed by atoms with Crippen LogP contribution in [-0.2, 0) is 11.3 Å². The summed E-state index contributed by atoms with van der Waals surface area (Å²) in [7, 11) is 0. The number of rotatable bonds is 6. The molecular weight excluding hydrogens is 382 g/mol. The quantitative estimate of drug-likeness (QED) is 0.735. The SMILES string of the molecule is CCn1c(C)cc([C@H]2[C@@H](c3ccccn3)NC(=S)N2CCN2CCOCC2)c1C. The predicted octanol–water partition coefficient (Wildman–Crippen LogP) is 2.82. The van der Waals surface area contributed by atoms with E-state index in [1.807, 2.05) is 12.3 Å². The molecule has 156 valence electrons. The second kappa shape index (κ2) is 8.81. The molecule has 0 spiro atoms. The van der Waals surface area contributed by atoms with Crippen molar-refractivity contribution in [1.29, 1.82) is 0 Å². The van der Waals surface area contributed by atoms with Crippen molar-refractivity contribution in [1.82, 2.24) is 24.7 Å². The molecule has 0 aromatic carbocycles. The summed E-state index contributed by atoms with van der Waals surface area (Å²) in [5, 5.41) is 4.39. The molecule has 1 N–H and O–H groups in total. The van der Waals surface area contributed by atoms with Crippen LogP contribution in [0.2, 0.25) is 0 Å². The van der Waals surface area contributed by atoms with Crippen LogP contribution in [0.15, 0.2) is 30.5 Å². The Balaban J connectivity index is 1.66. The van der Waals surface area contributed by atoms with Crippen LogP contribution in [0.5, 0.6) is 0 Å². The monoisotopic (exact) mass is 413 g/mol. The molecule has 2 aliphatic rings. The van der Waals surface area contributed by atoms with Crippen LogP contribution in [0.25, 0.3) is 0 Å². The van der Waals surface area contributed by atoms with Gasteiger partial charge in [0.05, 0.1) is 31.0 Å². The van der Waals surface area contributed by atoms with Crippen molar-refractivity contribution in [2.24, 2.45) is 0 Å². The lowest BCUT2D eigenvalue weighted by Crippen LogP contribution is -2.42. The average molecular weight is 414 g/mol. The molecule has 4 rings (SSSR count). The normalized spacial score (nSPS) is 22.9. The Labute approximate surface area is 178 Å². The van der Waals surface area contributed by atoms with Gasteiger partial charge in [0, 0.05) is 50.3 Å². The average Bonchev–Trinajstić information content (AvgIpc) is 3.22. The number of hydrogen-bond donors (Lipinski definition) is 1. The smallest absolute Gasteiger partial charge is 0.170 e. The molecule has 0 radical (unpaired) electrons. The first-order valence-corrected chi connectivity index (χ1v) is 11.0. The minimum absolute atomic E-state index is 0.0548. The number of ether oxygens (including phenoxy) is 1. The minimum Gasteiger partial charge on any atom is -0.379 e. The van der Waals surface area contributed by atoms with Gasteiger partial charge in [0.25, 0.3) is 0 Å². The highest BCUT2D eigenvalue weighted by atomic mass is 32.1. The lowest BCUT2D eigenvalue weighted by Gasteiger charge is -2.32. The summed E-state index contributed by atoms with van der Waals surface area (Å²) in [6.07, 6.45) is 1.86. The highest BCUT2D eigenvalue weighted by Crippen LogP contribution is 2.40. The maximum Gasteiger partial charge on any atom is 0.170 e. The number of hydrogen-bond acceptors (Lipinski definition) is 4. The van der Waals surface area contributed by atoms with Gasteiger partial charge in [0.2, 0.25) is 0 Å². The number of pyridine rings is 1. The molecule has 0 bridgehead atoms. The van der Waals surface area contributed by atoms with Crippen LogP contribution in [0.3, 0.4) is 0 Å². The first-order valence-electron chi connectivity index (χ1n) is 10.5. The molecule has 2 aromatic heterocycles. The van der Waals surface area contributed by atoms with E-state index in [4.69, 9.17) is 17.0 Å². The summed E-state index contributed by atoms with van der Waals surface area (Å²) in [5.41, 5.74) is 4.99. The van der Waals surface area contributed by atoms with Gasteiger partial charge in [-0.1, -0.05) is 6.07 Å². The second-order valence-electron chi connectivity index (χ2n) is 7.84. The van der Waals surface area contributed by atoms with E-state index in [0.717, 1.165) is 56.7 Å². The lowest BCUT2D eigenvalue weighted by molar-refractivity contribution is 0.0350. The summed E-state index contributed by atoms with van der Waals surface area (Å²) < 4.78 is 7.88. The molecule has 2 aromatic rings. The van der Waals surface area contributed by atoms with Crippen molar-refractivity contribution < 1.29 is 4.74 Å². The van der Waals surface area contributed by atoms with Crippen molar-refractivity contribution >= 4 is 17.3 Å². The molecule has 6 nitrogen and oxygen atoms in total. The fourth-order valence-corrected chi connectivity index (χ4v) is 5.00. The fraction of sp³-hybridized carbons (Fsp3) is 0.545. The second-order valence-corrected chi connectivity index (χ2v) is 8.23. The van der Waals surface area contributed by atoms with E-state index < -0.39 is 0 Å². The largest absolute Gasteiger partial charge is 0.379 e. The maximum absolute atomic E-state index is 5.81. The molecule has 2 fully saturated rings. The molecule has 0 unspecified atom stereocenters. The van der Waals surface area contributed by atoms with Crippen LogP contribution < -0.4 is 5.32 Å². The topological polar surface area (TPSA) is 45.6 Å². The number of nitrogens with one attached hydrogen (secondary N) is 1. The molecule has 4 heterocycles. The third-order valence-electron chi connectivity index (χ3n) is 6.21. The highest BCUT2D eigenvalue weighted by molar-refractivity contribution is 7.80. The molecule has 2 atom stereocenters. The zero-order chi connectivity index (χ0) is 20.4. The van der Waals surface area contributed by atoms with Crippen molar-refractivity contribution in [3.63, 3.8) is 0 Å². The molecule has 7 heteroatoms. The molecule has 2 saturated heterocycles.